The molecule has 1 atom stereocenters. The van der Waals surface area contributed by atoms with Crippen molar-refractivity contribution in [1.29, 1.82) is 0 Å². The highest BCUT2D eigenvalue weighted by Crippen LogP contribution is 2.62. The molecule has 55 heavy (non-hydrogen) atoms. The van der Waals surface area contributed by atoms with Crippen molar-refractivity contribution >= 4 is 44.6 Å². The van der Waals surface area contributed by atoms with E-state index in [0.717, 1.165) is 101 Å². The number of ether oxygens (including phenoxy) is 2. The Kier molecular flexibility index (Phi) is 5.92. The van der Waals surface area contributed by atoms with Crippen LogP contribution in [-0.2, 0) is 5.41 Å². The minimum absolute atomic E-state index is 0.613. The fraction of sp³-hybridized carbons (Fsp3) is 0.0208. The van der Waals surface area contributed by atoms with E-state index in [2.05, 4.69) is 93.2 Å². The summed E-state index contributed by atoms with van der Waals surface area (Å²) in [6.45, 7) is 7.69. The first kappa shape index (κ1) is 29.8. The Hall–Kier alpha value is -7.69. The van der Waals surface area contributed by atoms with Gasteiger partial charge in [-0.05, 0) is 77.7 Å². The van der Waals surface area contributed by atoms with Gasteiger partial charge in [-0.1, -0.05) is 78.9 Å². The summed E-state index contributed by atoms with van der Waals surface area (Å²) in [6.07, 6.45) is 3.80. The first-order chi connectivity index (χ1) is 27.2. The van der Waals surface area contributed by atoms with Crippen molar-refractivity contribution in [3.05, 3.63) is 198 Å². The van der Waals surface area contributed by atoms with Crippen LogP contribution in [0.15, 0.2) is 164 Å². The molecule has 0 saturated heterocycles. The van der Waals surface area contributed by atoms with Crippen molar-refractivity contribution in [2.75, 3.05) is 4.90 Å². The first-order valence-electron chi connectivity index (χ1n) is 18.2. The fourth-order valence-electron chi connectivity index (χ4n) is 9.14. The maximum Gasteiger partial charge on any atom is 0.188 e. The topological polar surface area (TPSA) is 56.8 Å². The molecule has 3 aliphatic rings. The van der Waals surface area contributed by atoms with Gasteiger partial charge in [-0.3, -0.25) is 9.97 Å². The number of pyridine rings is 2. The van der Waals surface area contributed by atoms with Gasteiger partial charge in [0.25, 0.3) is 0 Å². The molecule has 1 unspecified atom stereocenters. The zero-order chi connectivity index (χ0) is 36.3. The third-order valence-corrected chi connectivity index (χ3v) is 11.3. The molecule has 1 spiro atoms. The van der Waals surface area contributed by atoms with Crippen LogP contribution in [0.3, 0.4) is 0 Å². The quantitative estimate of drug-likeness (QED) is 0.168. The number of benzene rings is 6. The van der Waals surface area contributed by atoms with Crippen LogP contribution in [-0.4, -0.2) is 14.5 Å². The van der Waals surface area contributed by atoms with Crippen molar-refractivity contribution in [1.82, 2.24) is 14.5 Å². The molecule has 0 saturated carbocycles. The number of hydrogen-bond acceptors (Lipinski definition) is 5. The zero-order valence-electron chi connectivity index (χ0n) is 29.1. The van der Waals surface area contributed by atoms with E-state index in [1.807, 2.05) is 85.2 Å². The van der Waals surface area contributed by atoms with Crippen LogP contribution >= 0.6 is 0 Å². The van der Waals surface area contributed by atoms with Gasteiger partial charge < -0.3 is 18.9 Å². The molecular weight excluding hydrogens is 679 g/mol. The number of anilines is 3. The van der Waals surface area contributed by atoms with Gasteiger partial charge in [-0.15, -0.1) is 0 Å². The number of aromatic nitrogens is 3. The Morgan fingerprint density at radius 3 is 2.02 bits per heavy atom. The van der Waals surface area contributed by atoms with Crippen LogP contribution in [0.2, 0.25) is 0 Å². The minimum atomic E-state index is -0.776. The van der Waals surface area contributed by atoms with Gasteiger partial charge in [0.1, 0.15) is 11.5 Å². The molecule has 0 bridgehead atoms. The standard InChI is InChI=1S/C48H27N5O2/c1-49-29-20-23-39-33(25-29)32-11-2-4-14-38(32)53(39)31-26-37-47(51-28-31)46-36(13-10-24-50-46)48(37)34-12-3-7-17-42(34)54-45-27-30(21-22-35(45)48)52-40-15-5-8-18-43(40)55-44-19-9-6-16-41(44)52/h2-28H. The summed E-state index contributed by atoms with van der Waals surface area (Å²) in [5, 5.41) is 2.12. The lowest BCUT2D eigenvalue weighted by Gasteiger charge is -2.40. The van der Waals surface area contributed by atoms with Gasteiger partial charge in [-0.25, -0.2) is 4.85 Å². The second-order valence-corrected chi connectivity index (χ2v) is 14.1. The van der Waals surface area contributed by atoms with E-state index < -0.39 is 5.41 Å². The van der Waals surface area contributed by atoms with Crippen molar-refractivity contribution in [3.63, 3.8) is 0 Å². The maximum atomic E-state index is 7.69. The molecule has 2 aliphatic heterocycles. The second kappa shape index (κ2) is 10.9. The zero-order valence-corrected chi connectivity index (χ0v) is 29.1. The molecule has 0 radical (unpaired) electrons. The lowest BCUT2D eigenvalue weighted by Crippen LogP contribution is -2.32. The van der Waals surface area contributed by atoms with Crippen LogP contribution in [0.1, 0.15) is 22.3 Å². The Morgan fingerprint density at radius 2 is 1.18 bits per heavy atom. The molecule has 0 fully saturated rings. The van der Waals surface area contributed by atoms with E-state index >= 15 is 0 Å². The average molecular weight is 706 g/mol. The summed E-state index contributed by atoms with van der Waals surface area (Å²) in [6, 6.07) is 51.9. The van der Waals surface area contributed by atoms with E-state index in [1.165, 1.54) is 0 Å². The third-order valence-electron chi connectivity index (χ3n) is 11.3. The molecule has 256 valence electrons. The van der Waals surface area contributed by atoms with E-state index in [0.29, 0.717) is 5.69 Å². The van der Waals surface area contributed by atoms with Crippen LogP contribution < -0.4 is 14.4 Å². The number of fused-ring (bicyclic) bond motifs is 14. The summed E-state index contributed by atoms with van der Waals surface area (Å²) in [5.74, 6) is 3.13. The predicted molar refractivity (Wildman–Crippen MR) is 215 cm³/mol. The van der Waals surface area contributed by atoms with E-state index in [9.17, 15) is 0 Å². The lowest BCUT2D eigenvalue weighted by atomic mass is 9.66. The smallest absolute Gasteiger partial charge is 0.188 e. The Labute approximate surface area is 315 Å². The Balaban J connectivity index is 1.13. The molecular formula is C48H27N5O2. The monoisotopic (exact) mass is 705 g/mol. The summed E-state index contributed by atoms with van der Waals surface area (Å²) < 4.78 is 15.5. The molecule has 5 heterocycles. The highest BCUT2D eigenvalue weighted by Gasteiger charge is 2.52. The van der Waals surface area contributed by atoms with Crippen molar-refractivity contribution in [3.8, 4) is 40.1 Å². The van der Waals surface area contributed by atoms with E-state index in [4.69, 9.17) is 26.0 Å². The molecule has 1 aliphatic carbocycles. The van der Waals surface area contributed by atoms with Gasteiger partial charge in [0, 0.05) is 34.3 Å². The molecule has 7 heteroatoms. The summed E-state index contributed by atoms with van der Waals surface area (Å²) in [5.41, 5.74) is 11.5. The van der Waals surface area contributed by atoms with Gasteiger partial charge in [0.15, 0.2) is 17.2 Å². The summed E-state index contributed by atoms with van der Waals surface area (Å²) >= 11 is 0. The van der Waals surface area contributed by atoms with Gasteiger partial charge >= 0.3 is 0 Å². The molecule has 6 aromatic carbocycles. The Morgan fingerprint density at radius 1 is 0.509 bits per heavy atom. The Bertz CT molecular complexity index is 3110. The molecule has 9 aromatic rings. The third kappa shape index (κ3) is 3.92. The van der Waals surface area contributed by atoms with Gasteiger partial charge in [0.2, 0.25) is 0 Å². The number of rotatable bonds is 2. The second-order valence-electron chi connectivity index (χ2n) is 14.1. The summed E-state index contributed by atoms with van der Waals surface area (Å²) in [7, 11) is 0. The van der Waals surface area contributed by atoms with Gasteiger partial charge in [0.05, 0.1) is 63.4 Å². The molecule has 12 rings (SSSR count). The summed E-state index contributed by atoms with van der Waals surface area (Å²) in [4.78, 5) is 16.2. The van der Waals surface area contributed by atoms with E-state index in [1.54, 1.807) is 0 Å². The van der Waals surface area contributed by atoms with E-state index in [-0.39, 0.29) is 0 Å². The van der Waals surface area contributed by atoms with Crippen molar-refractivity contribution < 1.29 is 9.47 Å². The minimum Gasteiger partial charge on any atom is -0.457 e. The number of nitrogens with zero attached hydrogens (tertiary/aromatic N) is 5. The van der Waals surface area contributed by atoms with Crippen LogP contribution in [0.5, 0.6) is 23.0 Å². The maximum absolute atomic E-state index is 7.69. The highest BCUT2D eigenvalue weighted by atomic mass is 16.5. The van der Waals surface area contributed by atoms with Crippen molar-refractivity contribution in [2.24, 2.45) is 0 Å². The highest BCUT2D eigenvalue weighted by molar-refractivity contribution is 6.10. The molecule has 3 aromatic heterocycles. The van der Waals surface area contributed by atoms with Crippen LogP contribution in [0.25, 0.3) is 43.7 Å². The average Bonchev–Trinajstić information content (AvgIpc) is 3.72. The molecule has 0 N–H and O–H groups in total. The SMILES string of the molecule is [C-]#[N+]c1ccc2c(c1)c1ccccc1n2-c1cnc2c(c1)C1(c3ccccc3Oc3cc(N4c5ccccc5Oc5ccccc54)ccc31)c1cccnc1-2. The van der Waals surface area contributed by atoms with Gasteiger partial charge in [-0.2, -0.15) is 0 Å². The lowest BCUT2D eigenvalue weighted by molar-refractivity contribution is 0.436. The number of para-hydroxylation sites is 6. The fourth-order valence-corrected chi connectivity index (χ4v) is 9.14. The molecule has 0 amide bonds. The number of hydrogen-bond donors (Lipinski definition) is 0. The van der Waals surface area contributed by atoms with Crippen LogP contribution in [0.4, 0.5) is 22.7 Å². The van der Waals surface area contributed by atoms with Crippen molar-refractivity contribution in [2.45, 2.75) is 5.41 Å². The molecule has 7 nitrogen and oxygen atoms in total. The normalized spacial score (nSPS) is 15.6. The van der Waals surface area contributed by atoms with Crippen LogP contribution in [0, 0.1) is 6.57 Å². The predicted octanol–water partition coefficient (Wildman–Crippen LogP) is 12.2. The largest absolute Gasteiger partial charge is 0.457 e. The first-order valence-corrected chi connectivity index (χ1v) is 18.2.